The number of hydrogen-bond acceptors (Lipinski definition) is 2. The zero-order valence-corrected chi connectivity index (χ0v) is 11.3. The molecule has 3 heteroatoms. The Balaban J connectivity index is 2.04. The van der Waals surface area contributed by atoms with Crippen molar-refractivity contribution in [2.24, 2.45) is 0 Å². The van der Waals surface area contributed by atoms with Gasteiger partial charge in [-0.25, -0.2) is 0 Å². The highest BCUT2D eigenvalue weighted by Gasteiger charge is 2.03. The van der Waals surface area contributed by atoms with E-state index >= 15 is 0 Å². The molecule has 0 saturated heterocycles. The summed E-state index contributed by atoms with van der Waals surface area (Å²) in [4.78, 5) is 12.4. The zero-order chi connectivity index (χ0) is 14.1. The van der Waals surface area contributed by atoms with E-state index in [0.29, 0.717) is 6.54 Å². The number of pyridine rings is 1. The lowest BCUT2D eigenvalue weighted by Gasteiger charge is -2.08. The molecule has 20 heavy (non-hydrogen) atoms. The van der Waals surface area contributed by atoms with Crippen LogP contribution < -0.4 is 11.3 Å². The summed E-state index contributed by atoms with van der Waals surface area (Å²) in [7, 11) is 0. The van der Waals surface area contributed by atoms with Crippen LogP contribution in [0, 0.1) is 6.92 Å². The Morgan fingerprint density at radius 1 is 1.05 bits per heavy atom. The van der Waals surface area contributed by atoms with Crippen molar-refractivity contribution >= 4 is 16.5 Å². The van der Waals surface area contributed by atoms with Crippen LogP contribution in [0.5, 0.6) is 0 Å². The van der Waals surface area contributed by atoms with Crippen LogP contribution in [0.4, 0.5) is 5.69 Å². The number of nitrogen functional groups attached to an aromatic ring is 1. The second-order valence-electron chi connectivity index (χ2n) is 5.08. The first-order valence-corrected chi connectivity index (χ1v) is 6.58. The lowest BCUT2D eigenvalue weighted by molar-refractivity contribution is 0.768. The van der Waals surface area contributed by atoms with Crippen molar-refractivity contribution in [3.63, 3.8) is 0 Å². The molecule has 3 nitrogen and oxygen atoms in total. The van der Waals surface area contributed by atoms with E-state index in [4.69, 9.17) is 5.73 Å². The van der Waals surface area contributed by atoms with Gasteiger partial charge in [0.15, 0.2) is 0 Å². The van der Waals surface area contributed by atoms with Gasteiger partial charge in [0.2, 0.25) is 0 Å². The van der Waals surface area contributed by atoms with Gasteiger partial charge in [0, 0.05) is 17.3 Å². The van der Waals surface area contributed by atoms with Gasteiger partial charge in [-0.15, -0.1) is 0 Å². The lowest BCUT2D eigenvalue weighted by atomic mass is 10.1. The molecule has 0 aliphatic heterocycles. The van der Waals surface area contributed by atoms with Gasteiger partial charge < -0.3 is 10.3 Å². The largest absolute Gasteiger partial charge is 0.399 e. The number of nitrogens with zero attached hydrogens (tertiary/aromatic N) is 1. The van der Waals surface area contributed by atoms with Crippen molar-refractivity contribution < 1.29 is 0 Å². The quantitative estimate of drug-likeness (QED) is 0.723. The second kappa shape index (κ2) is 4.85. The van der Waals surface area contributed by atoms with Crippen molar-refractivity contribution in [1.82, 2.24) is 4.57 Å². The van der Waals surface area contributed by atoms with Crippen LogP contribution in [0.2, 0.25) is 0 Å². The molecule has 0 unspecified atom stereocenters. The van der Waals surface area contributed by atoms with Crippen LogP contribution in [-0.2, 0) is 6.54 Å². The summed E-state index contributed by atoms with van der Waals surface area (Å²) in [6, 6.07) is 15.5. The molecule has 0 amide bonds. The maximum absolute atomic E-state index is 12.4. The molecule has 3 aromatic rings. The molecule has 100 valence electrons. The third kappa shape index (κ3) is 2.30. The van der Waals surface area contributed by atoms with E-state index in [1.54, 1.807) is 4.57 Å². The first kappa shape index (κ1) is 12.5. The molecule has 0 bridgehead atoms. The summed E-state index contributed by atoms with van der Waals surface area (Å²) in [6.07, 6.45) is 1.85. The van der Waals surface area contributed by atoms with Gasteiger partial charge in [-0.2, -0.15) is 0 Å². The minimum Gasteiger partial charge on any atom is -0.399 e. The van der Waals surface area contributed by atoms with Crippen molar-refractivity contribution in [2.75, 3.05) is 5.73 Å². The molecule has 0 fully saturated rings. The van der Waals surface area contributed by atoms with Crippen LogP contribution in [0.25, 0.3) is 10.8 Å². The highest BCUT2D eigenvalue weighted by atomic mass is 16.1. The lowest BCUT2D eigenvalue weighted by Crippen LogP contribution is -2.20. The number of hydrogen-bond donors (Lipinski definition) is 1. The van der Waals surface area contributed by atoms with Crippen LogP contribution in [0.3, 0.4) is 0 Å². The topological polar surface area (TPSA) is 48.0 Å². The van der Waals surface area contributed by atoms with Gasteiger partial charge in [0.1, 0.15) is 0 Å². The van der Waals surface area contributed by atoms with Gasteiger partial charge >= 0.3 is 0 Å². The summed E-state index contributed by atoms with van der Waals surface area (Å²) in [5.74, 6) is 0. The summed E-state index contributed by atoms with van der Waals surface area (Å²) in [5.41, 5.74) is 8.67. The van der Waals surface area contributed by atoms with E-state index < -0.39 is 0 Å². The molecule has 0 spiro atoms. The Hall–Kier alpha value is -2.55. The first-order chi connectivity index (χ1) is 9.63. The number of aryl methyl sites for hydroxylation is 1. The average molecular weight is 264 g/mol. The third-order valence-corrected chi connectivity index (χ3v) is 3.47. The van der Waals surface area contributed by atoms with Crippen molar-refractivity contribution in [1.29, 1.82) is 0 Å². The number of benzene rings is 2. The molecule has 0 aliphatic rings. The average Bonchev–Trinajstić information content (AvgIpc) is 2.44. The SMILES string of the molecule is Cc1ccc2c(=O)n(Cc3ccc(N)cc3)ccc2c1. The van der Waals surface area contributed by atoms with E-state index in [0.717, 1.165) is 27.6 Å². The Bertz CT molecular complexity index is 817. The van der Waals surface area contributed by atoms with E-state index in [2.05, 4.69) is 0 Å². The van der Waals surface area contributed by atoms with E-state index in [1.165, 1.54) is 0 Å². The molecule has 3 rings (SSSR count). The molecular weight excluding hydrogens is 248 g/mol. The van der Waals surface area contributed by atoms with Crippen molar-refractivity contribution in [3.05, 3.63) is 76.2 Å². The summed E-state index contributed by atoms with van der Waals surface area (Å²) in [5, 5.41) is 1.75. The fourth-order valence-corrected chi connectivity index (χ4v) is 2.35. The molecule has 0 aliphatic carbocycles. The van der Waals surface area contributed by atoms with E-state index in [-0.39, 0.29) is 5.56 Å². The predicted molar refractivity (Wildman–Crippen MR) is 82.9 cm³/mol. The molecule has 0 radical (unpaired) electrons. The zero-order valence-electron chi connectivity index (χ0n) is 11.3. The normalized spacial score (nSPS) is 10.8. The van der Waals surface area contributed by atoms with Gasteiger partial charge in [-0.1, -0.05) is 29.8 Å². The van der Waals surface area contributed by atoms with Gasteiger partial charge in [-0.05, 0) is 42.1 Å². The molecule has 2 aromatic carbocycles. The van der Waals surface area contributed by atoms with Crippen LogP contribution in [0.1, 0.15) is 11.1 Å². The molecule has 2 N–H and O–H groups in total. The van der Waals surface area contributed by atoms with Crippen molar-refractivity contribution in [2.45, 2.75) is 13.5 Å². The maximum Gasteiger partial charge on any atom is 0.258 e. The molecule has 1 heterocycles. The van der Waals surface area contributed by atoms with Gasteiger partial charge in [-0.3, -0.25) is 4.79 Å². The Morgan fingerprint density at radius 3 is 2.55 bits per heavy atom. The highest BCUT2D eigenvalue weighted by Crippen LogP contribution is 2.13. The maximum atomic E-state index is 12.4. The Labute approximate surface area is 117 Å². The minimum absolute atomic E-state index is 0.0410. The minimum atomic E-state index is 0.0410. The summed E-state index contributed by atoms with van der Waals surface area (Å²) >= 11 is 0. The molecule has 0 saturated carbocycles. The van der Waals surface area contributed by atoms with Crippen molar-refractivity contribution in [3.8, 4) is 0 Å². The van der Waals surface area contributed by atoms with E-state index in [9.17, 15) is 4.79 Å². The third-order valence-electron chi connectivity index (χ3n) is 3.47. The summed E-state index contributed by atoms with van der Waals surface area (Å²) < 4.78 is 1.73. The van der Waals surface area contributed by atoms with Crippen LogP contribution in [-0.4, -0.2) is 4.57 Å². The first-order valence-electron chi connectivity index (χ1n) is 6.58. The van der Waals surface area contributed by atoms with Crippen LogP contribution >= 0.6 is 0 Å². The number of nitrogens with two attached hydrogens (primary N) is 1. The Kier molecular flexibility index (Phi) is 3.03. The molecule has 0 atom stereocenters. The fraction of sp³-hybridized carbons (Fsp3) is 0.118. The number of fused-ring (bicyclic) bond motifs is 1. The highest BCUT2D eigenvalue weighted by molar-refractivity contribution is 5.82. The van der Waals surface area contributed by atoms with Crippen LogP contribution in [0.15, 0.2) is 59.5 Å². The number of anilines is 1. The van der Waals surface area contributed by atoms with Gasteiger partial charge in [0.25, 0.3) is 5.56 Å². The molecule has 1 aromatic heterocycles. The van der Waals surface area contributed by atoms with E-state index in [1.807, 2.05) is 61.7 Å². The standard InChI is InChI=1S/C17H16N2O/c1-12-2-7-16-14(10-12)8-9-19(17(16)20)11-13-3-5-15(18)6-4-13/h2-10H,11,18H2,1H3. The monoisotopic (exact) mass is 264 g/mol. The molecular formula is C17H16N2O. The smallest absolute Gasteiger partial charge is 0.258 e. The summed E-state index contributed by atoms with van der Waals surface area (Å²) in [6.45, 7) is 2.59. The Morgan fingerprint density at radius 2 is 1.80 bits per heavy atom. The predicted octanol–water partition coefficient (Wildman–Crippen LogP) is 2.94. The fourth-order valence-electron chi connectivity index (χ4n) is 2.35. The van der Waals surface area contributed by atoms with Gasteiger partial charge in [0.05, 0.1) is 6.54 Å². The second-order valence-corrected chi connectivity index (χ2v) is 5.08. The number of aromatic nitrogens is 1. The number of rotatable bonds is 2.